The van der Waals surface area contributed by atoms with Crippen molar-refractivity contribution in [3.8, 4) is 5.75 Å². The molecule has 1 aromatic carbocycles. The summed E-state index contributed by atoms with van der Waals surface area (Å²) in [7, 11) is 0. The second kappa shape index (κ2) is 9.25. The molecule has 0 saturated carbocycles. The molecule has 0 spiro atoms. The van der Waals surface area contributed by atoms with E-state index < -0.39 is 11.9 Å². The molecule has 0 aromatic heterocycles. The van der Waals surface area contributed by atoms with Crippen molar-refractivity contribution in [3.05, 3.63) is 22.7 Å². The van der Waals surface area contributed by atoms with Crippen LogP contribution in [0.4, 0.5) is 5.69 Å². The summed E-state index contributed by atoms with van der Waals surface area (Å²) >= 11 is 6.54. The lowest BCUT2D eigenvalue weighted by Crippen LogP contribution is -2.39. The Morgan fingerprint density at radius 3 is 2.82 bits per heavy atom. The zero-order chi connectivity index (χ0) is 20.1. The Labute approximate surface area is 168 Å². The van der Waals surface area contributed by atoms with Crippen molar-refractivity contribution < 1.29 is 19.4 Å². The zero-order valence-electron chi connectivity index (χ0n) is 15.6. The van der Waals surface area contributed by atoms with Crippen molar-refractivity contribution >= 4 is 35.1 Å². The number of carbonyl (C=O) groups excluding carboxylic acids is 2. The SMILES string of the molecule is NC(=O)CC1C(=O)NC2=Nc3ccc(OCCCCCCCO)c(Cl)c3CN21. The van der Waals surface area contributed by atoms with Gasteiger partial charge < -0.3 is 20.5 Å². The van der Waals surface area contributed by atoms with E-state index >= 15 is 0 Å². The van der Waals surface area contributed by atoms with Crippen molar-refractivity contribution in [2.75, 3.05) is 13.2 Å². The standard InChI is InChI=1S/C19H25ClN4O4/c20-17-12-11-24-14(10-16(21)26)18(27)23-19(24)22-13(12)6-7-15(17)28-9-5-3-1-2-4-8-25/h6-7,14,25H,1-5,8-11H2,(H2,21,26)(H,22,23,27). The van der Waals surface area contributed by atoms with E-state index in [4.69, 9.17) is 27.2 Å². The lowest BCUT2D eigenvalue weighted by molar-refractivity contribution is -0.126. The van der Waals surface area contributed by atoms with Crippen LogP contribution < -0.4 is 15.8 Å². The van der Waals surface area contributed by atoms with Crippen molar-refractivity contribution in [1.82, 2.24) is 10.2 Å². The monoisotopic (exact) mass is 408 g/mol. The molecule has 0 radical (unpaired) electrons. The first kappa shape index (κ1) is 20.4. The molecule has 8 nitrogen and oxygen atoms in total. The number of fused-ring (bicyclic) bond motifs is 2. The third kappa shape index (κ3) is 4.56. The van der Waals surface area contributed by atoms with Gasteiger partial charge in [-0.3, -0.25) is 14.9 Å². The van der Waals surface area contributed by atoms with E-state index in [1.165, 1.54) is 0 Å². The number of aliphatic hydroxyl groups excluding tert-OH is 1. The van der Waals surface area contributed by atoms with Crippen LogP contribution in [-0.2, 0) is 16.1 Å². The Kier molecular flexibility index (Phi) is 6.74. The van der Waals surface area contributed by atoms with E-state index in [0.717, 1.165) is 37.7 Å². The van der Waals surface area contributed by atoms with Crippen molar-refractivity contribution in [2.45, 2.75) is 51.1 Å². The number of rotatable bonds is 10. The van der Waals surface area contributed by atoms with Gasteiger partial charge in [0, 0.05) is 12.2 Å². The fraction of sp³-hybridized carbons (Fsp3) is 0.526. The highest BCUT2D eigenvalue weighted by Gasteiger charge is 2.40. The Morgan fingerprint density at radius 2 is 2.07 bits per heavy atom. The van der Waals surface area contributed by atoms with Crippen LogP contribution in [0.3, 0.4) is 0 Å². The minimum atomic E-state index is -0.677. The third-order valence-corrected chi connectivity index (χ3v) is 5.29. The molecular weight excluding hydrogens is 384 g/mol. The van der Waals surface area contributed by atoms with Gasteiger partial charge in [-0.05, 0) is 25.0 Å². The van der Waals surface area contributed by atoms with E-state index in [9.17, 15) is 9.59 Å². The number of amides is 2. The van der Waals surface area contributed by atoms with Gasteiger partial charge in [-0.2, -0.15) is 0 Å². The molecule has 1 unspecified atom stereocenters. The molecule has 1 aromatic rings. The largest absolute Gasteiger partial charge is 0.492 e. The van der Waals surface area contributed by atoms with Gasteiger partial charge in [-0.1, -0.05) is 30.9 Å². The van der Waals surface area contributed by atoms with Gasteiger partial charge in [0.2, 0.25) is 17.8 Å². The first-order valence-electron chi connectivity index (χ1n) is 9.50. The van der Waals surface area contributed by atoms with Crippen molar-refractivity contribution in [1.29, 1.82) is 0 Å². The van der Waals surface area contributed by atoms with Gasteiger partial charge in [-0.15, -0.1) is 0 Å². The molecule has 2 aliphatic rings. The maximum atomic E-state index is 12.1. The lowest BCUT2D eigenvalue weighted by atomic mass is 10.1. The summed E-state index contributed by atoms with van der Waals surface area (Å²) in [5, 5.41) is 11.9. The van der Waals surface area contributed by atoms with Gasteiger partial charge in [0.05, 0.1) is 30.3 Å². The van der Waals surface area contributed by atoms with Gasteiger partial charge in [0.25, 0.3) is 0 Å². The van der Waals surface area contributed by atoms with Crippen LogP contribution in [0.5, 0.6) is 5.75 Å². The third-order valence-electron chi connectivity index (χ3n) is 4.88. The van der Waals surface area contributed by atoms with Gasteiger partial charge in [-0.25, -0.2) is 4.99 Å². The summed E-state index contributed by atoms with van der Waals surface area (Å²) < 4.78 is 5.83. The predicted molar refractivity (Wildman–Crippen MR) is 105 cm³/mol. The first-order chi connectivity index (χ1) is 13.5. The number of halogens is 1. The molecule has 0 bridgehead atoms. The van der Waals surface area contributed by atoms with E-state index in [1.807, 2.05) is 6.07 Å². The fourth-order valence-electron chi connectivity index (χ4n) is 3.39. The Balaban J connectivity index is 1.64. The maximum Gasteiger partial charge on any atom is 0.250 e. The number of aliphatic imine (C=N–C) groups is 1. The van der Waals surface area contributed by atoms with E-state index in [0.29, 0.717) is 35.6 Å². The average Bonchev–Trinajstić information content (AvgIpc) is 2.95. The fourth-order valence-corrected chi connectivity index (χ4v) is 3.67. The van der Waals surface area contributed by atoms with Crippen LogP contribution in [0.1, 0.15) is 44.1 Å². The van der Waals surface area contributed by atoms with E-state index in [2.05, 4.69) is 10.3 Å². The molecule has 1 atom stereocenters. The van der Waals surface area contributed by atoms with Crippen molar-refractivity contribution in [2.24, 2.45) is 10.7 Å². The highest BCUT2D eigenvalue weighted by molar-refractivity contribution is 6.33. The molecule has 4 N–H and O–H groups in total. The number of hydrogen-bond acceptors (Lipinski definition) is 6. The van der Waals surface area contributed by atoms with Crippen LogP contribution >= 0.6 is 11.6 Å². The van der Waals surface area contributed by atoms with Crippen LogP contribution in [0, 0.1) is 0 Å². The zero-order valence-corrected chi connectivity index (χ0v) is 16.4. The number of nitrogens with zero attached hydrogens (tertiary/aromatic N) is 2. The minimum Gasteiger partial charge on any atom is -0.492 e. The number of nitrogens with one attached hydrogen (secondary N) is 1. The number of primary amides is 1. The molecule has 2 aliphatic heterocycles. The number of ether oxygens (including phenoxy) is 1. The van der Waals surface area contributed by atoms with E-state index in [-0.39, 0.29) is 18.9 Å². The van der Waals surface area contributed by atoms with Crippen LogP contribution in [0.25, 0.3) is 0 Å². The number of carbonyl (C=O) groups is 2. The second-order valence-electron chi connectivity index (χ2n) is 6.95. The summed E-state index contributed by atoms with van der Waals surface area (Å²) in [6.07, 6.45) is 4.79. The molecule has 1 fully saturated rings. The molecule has 2 heterocycles. The van der Waals surface area contributed by atoms with Crippen molar-refractivity contribution in [3.63, 3.8) is 0 Å². The molecule has 1 saturated heterocycles. The van der Waals surface area contributed by atoms with Gasteiger partial charge >= 0.3 is 0 Å². The summed E-state index contributed by atoms with van der Waals surface area (Å²) in [6, 6.07) is 2.92. The van der Waals surface area contributed by atoms with Gasteiger partial charge in [0.1, 0.15) is 11.8 Å². The predicted octanol–water partition coefficient (Wildman–Crippen LogP) is 1.84. The lowest BCUT2D eigenvalue weighted by Gasteiger charge is -2.28. The number of hydrogen-bond donors (Lipinski definition) is 3. The van der Waals surface area contributed by atoms with Crippen LogP contribution in [0.15, 0.2) is 17.1 Å². The number of aliphatic hydroxyl groups is 1. The summed E-state index contributed by atoms with van der Waals surface area (Å²) in [4.78, 5) is 29.6. The number of nitrogens with two attached hydrogens (primary N) is 1. The highest BCUT2D eigenvalue weighted by atomic mass is 35.5. The highest BCUT2D eigenvalue weighted by Crippen LogP contribution is 2.39. The quantitative estimate of drug-likeness (QED) is 0.510. The average molecular weight is 409 g/mol. The second-order valence-corrected chi connectivity index (χ2v) is 7.33. The Hall–Kier alpha value is -2.32. The maximum absolute atomic E-state index is 12.1. The number of unbranched alkanes of at least 4 members (excludes halogenated alkanes) is 4. The molecule has 3 rings (SSSR count). The molecule has 152 valence electrons. The molecule has 28 heavy (non-hydrogen) atoms. The molecule has 9 heteroatoms. The number of benzene rings is 1. The molecule has 2 amide bonds. The summed E-state index contributed by atoms with van der Waals surface area (Å²) in [5.74, 6) is 0.157. The smallest absolute Gasteiger partial charge is 0.250 e. The minimum absolute atomic E-state index is 0.0791. The summed E-state index contributed by atoms with van der Waals surface area (Å²) in [5.41, 5.74) is 6.70. The molecular formula is C19H25ClN4O4. The van der Waals surface area contributed by atoms with Crippen LogP contribution in [-0.4, -0.2) is 47.0 Å². The van der Waals surface area contributed by atoms with E-state index in [1.54, 1.807) is 11.0 Å². The van der Waals surface area contributed by atoms with Crippen LogP contribution in [0.2, 0.25) is 5.02 Å². The summed E-state index contributed by atoms with van der Waals surface area (Å²) in [6.45, 7) is 1.14. The Bertz CT molecular complexity index is 783. The van der Waals surface area contributed by atoms with Gasteiger partial charge in [0.15, 0.2) is 0 Å². The topological polar surface area (TPSA) is 117 Å². The normalized spacial score (nSPS) is 17.6. The Morgan fingerprint density at radius 1 is 1.32 bits per heavy atom. The first-order valence-corrected chi connectivity index (χ1v) is 9.88. The molecule has 0 aliphatic carbocycles. The number of guanidine groups is 1.